The van der Waals surface area contributed by atoms with Crippen molar-refractivity contribution < 1.29 is 9.36 Å². The fourth-order valence-corrected chi connectivity index (χ4v) is 1.18. The summed E-state index contributed by atoms with van der Waals surface area (Å²) in [4.78, 5) is 15.7. The SMILES string of the molecule is Cc1cc(C)[n+](C(=O)NC(C)C)cn1. The first kappa shape index (κ1) is 10.6. The molecule has 1 N–H and O–H groups in total. The van der Waals surface area contributed by atoms with Gasteiger partial charge in [0.15, 0.2) is 0 Å². The first-order chi connectivity index (χ1) is 6.50. The van der Waals surface area contributed by atoms with Crippen molar-refractivity contribution in [2.75, 3.05) is 0 Å². The molecule has 0 saturated carbocycles. The van der Waals surface area contributed by atoms with E-state index in [0.29, 0.717) is 0 Å². The number of nitrogens with one attached hydrogen (secondary N) is 1. The number of amides is 1. The Balaban J connectivity index is 2.90. The molecule has 0 aliphatic heterocycles. The van der Waals surface area contributed by atoms with Crippen molar-refractivity contribution in [2.45, 2.75) is 33.7 Å². The molecule has 0 aliphatic rings. The second kappa shape index (κ2) is 4.17. The van der Waals surface area contributed by atoms with Gasteiger partial charge in [0.1, 0.15) is 5.69 Å². The van der Waals surface area contributed by atoms with Crippen LogP contribution in [0.2, 0.25) is 0 Å². The maximum Gasteiger partial charge on any atom is 0.440 e. The van der Waals surface area contributed by atoms with E-state index in [1.165, 1.54) is 4.57 Å². The molecule has 1 aromatic heterocycles. The third-order valence-electron chi connectivity index (χ3n) is 1.81. The Hall–Kier alpha value is -1.45. The third kappa shape index (κ3) is 2.52. The molecule has 0 aromatic carbocycles. The number of carbonyl (C=O) groups excluding carboxylic acids is 1. The molecule has 0 saturated heterocycles. The van der Waals surface area contributed by atoms with E-state index in [1.54, 1.807) is 6.33 Å². The molecule has 14 heavy (non-hydrogen) atoms. The zero-order valence-electron chi connectivity index (χ0n) is 9.03. The van der Waals surface area contributed by atoms with Crippen LogP contribution in [0.4, 0.5) is 4.79 Å². The Morgan fingerprint density at radius 2 is 2.14 bits per heavy atom. The Bertz CT molecular complexity index is 347. The van der Waals surface area contributed by atoms with Crippen LogP contribution < -0.4 is 9.88 Å². The Morgan fingerprint density at radius 1 is 1.50 bits per heavy atom. The molecule has 4 heteroatoms. The Kier molecular flexibility index (Phi) is 3.17. The first-order valence-electron chi connectivity index (χ1n) is 4.66. The zero-order chi connectivity index (χ0) is 10.7. The average Bonchev–Trinajstić information content (AvgIpc) is 2.01. The molecule has 0 bridgehead atoms. The van der Waals surface area contributed by atoms with Crippen LogP contribution >= 0.6 is 0 Å². The van der Waals surface area contributed by atoms with Crippen LogP contribution in [0.5, 0.6) is 0 Å². The van der Waals surface area contributed by atoms with E-state index in [1.807, 2.05) is 33.8 Å². The number of rotatable bonds is 1. The topological polar surface area (TPSA) is 45.9 Å². The lowest BCUT2D eigenvalue weighted by Crippen LogP contribution is -2.54. The summed E-state index contributed by atoms with van der Waals surface area (Å²) in [5.41, 5.74) is 1.80. The van der Waals surface area contributed by atoms with Crippen molar-refractivity contribution in [3.63, 3.8) is 0 Å². The number of carbonyl (C=O) groups is 1. The van der Waals surface area contributed by atoms with Crippen molar-refractivity contribution in [3.8, 4) is 0 Å². The standard InChI is InChI=1S/C10H15N3O/c1-7(2)12-10(14)13-6-11-8(3)5-9(13)4/h5-7H,1-4H3/p+1. The molecule has 0 unspecified atom stereocenters. The van der Waals surface area contributed by atoms with E-state index in [4.69, 9.17) is 0 Å². The van der Waals surface area contributed by atoms with E-state index in [9.17, 15) is 4.79 Å². The Morgan fingerprint density at radius 3 is 2.64 bits per heavy atom. The van der Waals surface area contributed by atoms with E-state index >= 15 is 0 Å². The Labute approximate surface area is 84.0 Å². The van der Waals surface area contributed by atoms with Gasteiger partial charge in [0.05, 0.1) is 11.7 Å². The molecule has 1 amide bonds. The molecule has 1 aromatic rings. The van der Waals surface area contributed by atoms with Gasteiger partial charge in [-0.25, -0.2) is 4.79 Å². The fourth-order valence-electron chi connectivity index (χ4n) is 1.18. The van der Waals surface area contributed by atoms with Crippen molar-refractivity contribution in [2.24, 2.45) is 0 Å². The second-order valence-corrected chi connectivity index (χ2v) is 3.65. The minimum Gasteiger partial charge on any atom is -0.268 e. The lowest BCUT2D eigenvalue weighted by molar-refractivity contribution is -0.582. The summed E-state index contributed by atoms with van der Waals surface area (Å²) >= 11 is 0. The molecular weight excluding hydrogens is 178 g/mol. The minimum absolute atomic E-state index is 0.134. The van der Waals surface area contributed by atoms with Crippen molar-refractivity contribution in [1.29, 1.82) is 0 Å². The third-order valence-corrected chi connectivity index (χ3v) is 1.81. The highest BCUT2D eigenvalue weighted by atomic mass is 16.2. The van der Waals surface area contributed by atoms with Gasteiger partial charge in [-0.05, 0) is 27.7 Å². The molecular formula is C10H16N3O+. The van der Waals surface area contributed by atoms with E-state index in [2.05, 4.69) is 10.3 Å². The number of aryl methyl sites for hydroxylation is 2. The fraction of sp³-hybridized carbons (Fsp3) is 0.500. The number of nitrogens with zero attached hydrogens (tertiary/aromatic N) is 2. The van der Waals surface area contributed by atoms with E-state index in [-0.39, 0.29) is 12.1 Å². The first-order valence-corrected chi connectivity index (χ1v) is 4.66. The smallest absolute Gasteiger partial charge is 0.268 e. The number of aromatic nitrogens is 2. The van der Waals surface area contributed by atoms with Gasteiger partial charge in [0.25, 0.3) is 0 Å². The molecule has 0 atom stereocenters. The average molecular weight is 194 g/mol. The largest absolute Gasteiger partial charge is 0.440 e. The summed E-state index contributed by atoms with van der Waals surface area (Å²) in [6, 6.07) is 1.88. The maximum atomic E-state index is 11.6. The predicted octanol–water partition coefficient (Wildman–Crippen LogP) is 0.952. The second-order valence-electron chi connectivity index (χ2n) is 3.65. The molecule has 0 spiro atoms. The monoisotopic (exact) mass is 194 g/mol. The summed E-state index contributed by atoms with van der Waals surface area (Å²) in [5, 5.41) is 2.80. The molecule has 76 valence electrons. The highest BCUT2D eigenvalue weighted by Gasteiger charge is 2.14. The molecule has 0 fully saturated rings. The number of hydrogen-bond donors (Lipinski definition) is 1. The summed E-state index contributed by atoms with van der Waals surface area (Å²) in [6.45, 7) is 7.64. The highest BCUT2D eigenvalue weighted by Crippen LogP contribution is 1.91. The van der Waals surface area contributed by atoms with Crippen molar-refractivity contribution >= 4 is 6.03 Å². The van der Waals surface area contributed by atoms with Gasteiger partial charge >= 0.3 is 6.03 Å². The van der Waals surface area contributed by atoms with Crippen molar-refractivity contribution in [1.82, 2.24) is 10.3 Å². The quantitative estimate of drug-likeness (QED) is 0.677. The zero-order valence-corrected chi connectivity index (χ0v) is 9.03. The van der Waals surface area contributed by atoms with E-state index < -0.39 is 0 Å². The van der Waals surface area contributed by atoms with Crippen LogP contribution in [0, 0.1) is 13.8 Å². The molecule has 4 nitrogen and oxygen atoms in total. The molecule has 1 heterocycles. The highest BCUT2D eigenvalue weighted by molar-refractivity contribution is 5.64. The van der Waals surface area contributed by atoms with Gasteiger partial charge in [0, 0.05) is 6.07 Å². The summed E-state index contributed by atoms with van der Waals surface area (Å²) in [5.74, 6) is 0. The lowest BCUT2D eigenvalue weighted by Gasteiger charge is -2.05. The summed E-state index contributed by atoms with van der Waals surface area (Å²) in [6.07, 6.45) is 1.54. The minimum atomic E-state index is -0.134. The van der Waals surface area contributed by atoms with E-state index in [0.717, 1.165) is 11.4 Å². The van der Waals surface area contributed by atoms with Gasteiger partial charge in [-0.3, -0.25) is 5.32 Å². The van der Waals surface area contributed by atoms with Gasteiger partial charge in [0.2, 0.25) is 6.33 Å². The predicted molar refractivity (Wildman–Crippen MR) is 53.0 cm³/mol. The molecule has 0 radical (unpaired) electrons. The van der Waals surface area contributed by atoms with Crippen LogP contribution in [0.15, 0.2) is 12.4 Å². The van der Waals surface area contributed by atoms with Crippen LogP contribution in [0.25, 0.3) is 0 Å². The molecule has 1 rings (SSSR count). The normalized spacial score (nSPS) is 10.4. The van der Waals surface area contributed by atoms with Gasteiger partial charge < -0.3 is 0 Å². The molecule has 0 aliphatic carbocycles. The van der Waals surface area contributed by atoms with Crippen molar-refractivity contribution in [3.05, 3.63) is 23.8 Å². The maximum absolute atomic E-state index is 11.6. The van der Waals surface area contributed by atoms with Crippen LogP contribution in [0.1, 0.15) is 25.2 Å². The van der Waals surface area contributed by atoms with Gasteiger partial charge in [-0.1, -0.05) is 0 Å². The van der Waals surface area contributed by atoms with Gasteiger partial charge in [-0.2, -0.15) is 4.57 Å². The summed E-state index contributed by atoms with van der Waals surface area (Å²) < 4.78 is 1.51. The van der Waals surface area contributed by atoms with Crippen LogP contribution in [0.3, 0.4) is 0 Å². The van der Waals surface area contributed by atoms with Crippen LogP contribution in [-0.2, 0) is 0 Å². The van der Waals surface area contributed by atoms with Crippen LogP contribution in [-0.4, -0.2) is 17.1 Å². The summed E-state index contributed by atoms with van der Waals surface area (Å²) in [7, 11) is 0. The lowest BCUT2D eigenvalue weighted by atomic mass is 10.3. The number of hydrogen-bond acceptors (Lipinski definition) is 2. The van der Waals surface area contributed by atoms with Gasteiger partial charge in [-0.15, -0.1) is 4.98 Å².